The molecule has 6 nitrogen and oxygen atoms in total. The molecule has 1 fully saturated rings. The largest absolute Gasteiger partial charge is 0.457 e. The Bertz CT molecular complexity index is 829. The zero-order chi connectivity index (χ0) is 19.5. The summed E-state index contributed by atoms with van der Waals surface area (Å²) < 4.78 is 11.1. The van der Waals surface area contributed by atoms with Crippen LogP contribution >= 0.6 is 0 Å². The number of carbonyl (C=O) groups excluding carboxylic acids is 2. The summed E-state index contributed by atoms with van der Waals surface area (Å²) in [4.78, 5) is 28.4. The Labute approximate surface area is 164 Å². The smallest absolute Gasteiger partial charge is 0.409 e. The molecule has 0 saturated carbocycles. The molecule has 0 spiro atoms. The second-order valence-electron chi connectivity index (χ2n) is 7.00. The molecule has 0 bridgehead atoms. The molecule has 2 aliphatic heterocycles. The second kappa shape index (κ2) is 7.92. The number of ether oxygens (including phenoxy) is 2. The van der Waals surface area contributed by atoms with Crippen LogP contribution in [0.25, 0.3) is 0 Å². The van der Waals surface area contributed by atoms with Crippen molar-refractivity contribution in [1.29, 1.82) is 0 Å². The first-order chi connectivity index (χ1) is 13.7. The fourth-order valence-electron chi connectivity index (χ4n) is 3.89. The molecular formula is C22H24N2O4. The highest BCUT2D eigenvalue weighted by molar-refractivity contribution is 5.79. The monoisotopic (exact) mass is 380 g/mol. The molecule has 146 valence electrons. The number of carbonyl (C=O) groups is 2. The van der Waals surface area contributed by atoms with Gasteiger partial charge in [-0.25, -0.2) is 4.79 Å². The number of rotatable bonds is 3. The van der Waals surface area contributed by atoms with Gasteiger partial charge in [-0.3, -0.25) is 4.79 Å². The van der Waals surface area contributed by atoms with E-state index >= 15 is 0 Å². The van der Waals surface area contributed by atoms with Crippen molar-refractivity contribution in [3.63, 3.8) is 0 Å². The summed E-state index contributed by atoms with van der Waals surface area (Å²) in [7, 11) is 0. The van der Waals surface area contributed by atoms with Crippen LogP contribution in [0.4, 0.5) is 4.79 Å². The van der Waals surface area contributed by atoms with Crippen LogP contribution < -0.4 is 4.74 Å². The van der Waals surface area contributed by atoms with Gasteiger partial charge in [0.2, 0.25) is 5.91 Å². The lowest BCUT2D eigenvalue weighted by Gasteiger charge is -2.35. The van der Waals surface area contributed by atoms with Gasteiger partial charge in [0.05, 0.1) is 6.61 Å². The quantitative estimate of drug-likeness (QED) is 0.816. The lowest BCUT2D eigenvalue weighted by Crippen LogP contribution is -2.51. The zero-order valence-electron chi connectivity index (χ0n) is 16.0. The van der Waals surface area contributed by atoms with E-state index in [0.717, 1.165) is 22.6 Å². The van der Waals surface area contributed by atoms with Crippen molar-refractivity contribution in [1.82, 2.24) is 9.80 Å². The van der Waals surface area contributed by atoms with Crippen molar-refractivity contribution in [2.24, 2.45) is 0 Å². The molecule has 0 unspecified atom stereocenters. The summed E-state index contributed by atoms with van der Waals surface area (Å²) in [6.45, 7) is 4.23. The van der Waals surface area contributed by atoms with E-state index in [9.17, 15) is 9.59 Å². The molecule has 6 heteroatoms. The molecule has 2 aromatic carbocycles. The van der Waals surface area contributed by atoms with E-state index in [1.54, 1.807) is 11.8 Å². The number of fused-ring (bicyclic) bond motifs is 2. The average Bonchev–Trinajstić information content (AvgIpc) is 2.73. The lowest BCUT2D eigenvalue weighted by molar-refractivity contribution is -0.133. The van der Waals surface area contributed by atoms with Crippen LogP contribution in [0.3, 0.4) is 0 Å². The number of benzene rings is 2. The summed E-state index contributed by atoms with van der Waals surface area (Å²) in [6.07, 6.45) is 0.0819. The number of amides is 2. The summed E-state index contributed by atoms with van der Waals surface area (Å²) in [5, 5.41) is 0. The normalized spacial score (nSPS) is 16.0. The van der Waals surface area contributed by atoms with Gasteiger partial charge in [-0.05, 0) is 19.1 Å². The predicted molar refractivity (Wildman–Crippen MR) is 105 cm³/mol. The van der Waals surface area contributed by atoms with Gasteiger partial charge in [-0.2, -0.15) is 0 Å². The number of hydrogen-bond acceptors (Lipinski definition) is 4. The fourth-order valence-corrected chi connectivity index (χ4v) is 3.89. The Hall–Kier alpha value is -3.02. The van der Waals surface area contributed by atoms with E-state index in [0.29, 0.717) is 39.2 Å². The van der Waals surface area contributed by atoms with E-state index in [2.05, 4.69) is 0 Å². The molecule has 0 atom stereocenters. The molecule has 1 saturated heterocycles. The minimum absolute atomic E-state index is 0.0308. The second-order valence-corrected chi connectivity index (χ2v) is 7.00. The minimum atomic E-state index is -0.304. The highest BCUT2D eigenvalue weighted by Gasteiger charge is 2.31. The van der Waals surface area contributed by atoms with Gasteiger partial charge in [-0.15, -0.1) is 0 Å². The highest BCUT2D eigenvalue weighted by atomic mass is 16.6. The number of piperazine rings is 1. The molecule has 2 aromatic rings. The summed E-state index contributed by atoms with van der Waals surface area (Å²) >= 11 is 0. The SMILES string of the molecule is CCOC(=O)N1CCN(C(=O)CC2c3ccccc3Oc3ccccc32)CC1. The fraction of sp³-hybridized carbons (Fsp3) is 0.364. The van der Waals surface area contributed by atoms with Crippen molar-refractivity contribution in [2.75, 3.05) is 32.8 Å². The topological polar surface area (TPSA) is 59.1 Å². The number of nitrogens with zero attached hydrogens (tertiary/aromatic N) is 2. The first kappa shape index (κ1) is 18.3. The van der Waals surface area contributed by atoms with Crippen molar-refractivity contribution >= 4 is 12.0 Å². The van der Waals surface area contributed by atoms with Crippen LogP contribution in [-0.4, -0.2) is 54.6 Å². The number of hydrogen-bond donors (Lipinski definition) is 0. The first-order valence-corrected chi connectivity index (χ1v) is 9.72. The van der Waals surface area contributed by atoms with E-state index in [1.165, 1.54) is 0 Å². The molecule has 2 amide bonds. The van der Waals surface area contributed by atoms with Crippen molar-refractivity contribution in [3.8, 4) is 11.5 Å². The van der Waals surface area contributed by atoms with Crippen molar-refractivity contribution in [3.05, 3.63) is 59.7 Å². The third-order valence-electron chi connectivity index (χ3n) is 5.35. The first-order valence-electron chi connectivity index (χ1n) is 9.72. The standard InChI is InChI=1S/C22H24N2O4/c1-2-27-22(26)24-13-11-23(12-14-24)21(25)15-18-16-7-3-5-9-19(16)28-20-10-6-4-8-17(18)20/h3-10,18H,2,11-15H2,1H3. The van der Waals surface area contributed by atoms with Gasteiger partial charge < -0.3 is 19.3 Å². The van der Waals surface area contributed by atoms with Gasteiger partial charge in [0.25, 0.3) is 0 Å². The maximum Gasteiger partial charge on any atom is 0.409 e. The molecule has 0 radical (unpaired) electrons. The summed E-state index contributed by atoms with van der Waals surface area (Å²) in [5.41, 5.74) is 2.08. The van der Waals surface area contributed by atoms with Gasteiger partial charge in [0.1, 0.15) is 11.5 Å². The van der Waals surface area contributed by atoms with Crippen LogP contribution in [0.2, 0.25) is 0 Å². The molecule has 0 N–H and O–H groups in total. The molecule has 4 rings (SSSR count). The van der Waals surface area contributed by atoms with Crippen molar-refractivity contribution < 1.29 is 19.1 Å². The van der Waals surface area contributed by atoms with E-state index < -0.39 is 0 Å². The van der Waals surface area contributed by atoms with Crippen LogP contribution in [0, 0.1) is 0 Å². The summed E-state index contributed by atoms with van der Waals surface area (Å²) in [6, 6.07) is 15.8. The molecule has 28 heavy (non-hydrogen) atoms. The molecule has 0 aromatic heterocycles. The minimum Gasteiger partial charge on any atom is -0.457 e. The van der Waals surface area contributed by atoms with E-state index in [1.807, 2.05) is 53.4 Å². The van der Waals surface area contributed by atoms with Gasteiger partial charge in [-0.1, -0.05) is 36.4 Å². The van der Waals surface area contributed by atoms with Crippen LogP contribution in [0.1, 0.15) is 30.4 Å². The van der Waals surface area contributed by atoms with E-state index in [-0.39, 0.29) is 17.9 Å². The molecular weight excluding hydrogens is 356 g/mol. The Morgan fingerprint density at radius 2 is 1.46 bits per heavy atom. The van der Waals surface area contributed by atoms with Gasteiger partial charge in [0.15, 0.2) is 0 Å². The zero-order valence-corrected chi connectivity index (χ0v) is 16.0. The Morgan fingerprint density at radius 3 is 2.04 bits per heavy atom. The van der Waals surface area contributed by atoms with Gasteiger partial charge in [0, 0.05) is 49.6 Å². The van der Waals surface area contributed by atoms with E-state index in [4.69, 9.17) is 9.47 Å². The summed E-state index contributed by atoms with van der Waals surface area (Å²) in [5.74, 6) is 1.69. The van der Waals surface area contributed by atoms with Crippen LogP contribution in [-0.2, 0) is 9.53 Å². The third kappa shape index (κ3) is 3.54. The third-order valence-corrected chi connectivity index (χ3v) is 5.35. The number of para-hydroxylation sites is 2. The van der Waals surface area contributed by atoms with Crippen molar-refractivity contribution in [2.45, 2.75) is 19.3 Å². The van der Waals surface area contributed by atoms with Crippen LogP contribution in [0.15, 0.2) is 48.5 Å². The maximum atomic E-state index is 13.0. The Kier molecular flexibility index (Phi) is 5.19. The average molecular weight is 380 g/mol. The predicted octanol–water partition coefficient (Wildman–Crippen LogP) is 3.62. The maximum absolute atomic E-state index is 13.0. The highest BCUT2D eigenvalue weighted by Crippen LogP contribution is 2.45. The Morgan fingerprint density at radius 1 is 0.929 bits per heavy atom. The van der Waals surface area contributed by atoms with Crippen LogP contribution in [0.5, 0.6) is 11.5 Å². The Balaban J connectivity index is 1.48. The lowest BCUT2D eigenvalue weighted by atomic mass is 9.85. The molecule has 0 aliphatic carbocycles. The van der Waals surface area contributed by atoms with Gasteiger partial charge >= 0.3 is 6.09 Å². The molecule has 2 aliphatic rings. The molecule has 2 heterocycles.